The van der Waals surface area contributed by atoms with Crippen LogP contribution in [-0.2, 0) is 10.8 Å². The van der Waals surface area contributed by atoms with E-state index in [0.29, 0.717) is 0 Å². The molecule has 10 rings (SSSR count). The third kappa shape index (κ3) is 4.25. The molecule has 0 atom stereocenters. The van der Waals surface area contributed by atoms with E-state index in [1.54, 1.807) is 0 Å². The van der Waals surface area contributed by atoms with E-state index in [-0.39, 0.29) is 10.8 Å². The highest BCUT2D eigenvalue weighted by molar-refractivity contribution is 6.22. The summed E-state index contributed by atoms with van der Waals surface area (Å²) in [6, 6.07) is 50.6. The third-order valence-electron chi connectivity index (χ3n) is 12.0. The molecule has 8 aromatic rings. The Morgan fingerprint density at radius 2 is 0.902 bits per heavy atom. The summed E-state index contributed by atoms with van der Waals surface area (Å²) in [6.07, 6.45) is 3.81. The highest BCUT2D eigenvalue weighted by Crippen LogP contribution is 2.53. The van der Waals surface area contributed by atoms with Crippen LogP contribution < -0.4 is 0 Å². The molecule has 1 nitrogen and oxygen atoms in total. The zero-order chi connectivity index (χ0) is 34.6. The van der Waals surface area contributed by atoms with Crippen LogP contribution in [0.25, 0.3) is 77.2 Å². The minimum absolute atomic E-state index is 0.0536. The van der Waals surface area contributed by atoms with Crippen LogP contribution in [0.4, 0.5) is 0 Å². The lowest BCUT2D eigenvalue weighted by Gasteiger charge is -2.23. The van der Waals surface area contributed by atoms with E-state index in [2.05, 4.69) is 173 Å². The Balaban J connectivity index is 1.25. The van der Waals surface area contributed by atoms with Gasteiger partial charge < -0.3 is 0 Å². The molecule has 0 unspecified atom stereocenters. The average molecular weight is 654 g/mol. The zero-order valence-corrected chi connectivity index (χ0v) is 29.8. The number of benzene rings is 7. The van der Waals surface area contributed by atoms with Gasteiger partial charge in [-0.3, -0.25) is 4.98 Å². The second-order valence-corrected chi connectivity index (χ2v) is 15.7. The van der Waals surface area contributed by atoms with E-state index >= 15 is 0 Å². The van der Waals surface area contributed by atoms with Gasteiger partial charge in [-0.1, -0.05) is 136 Å². The van der Waals surface area contributed by atoms with Gasteiger partial charge >= 0.3 is 0 Å². The normalized spacial score (nSPS) is 14.7. The van der Waals surface area contributed by atoms with Crippen LogP contribution >= 0.6 is 0 Å². The third-order valence-corrected chi connectivity index (χ3v) is 12.0. The van der Waals surface area contributed by atoms with E-state index < -0.39 is 0 Å². The first-order chi connectivity index (χ1) is 24.7. The fourth-order valence-electron chi connectivity index (χ4n) is 9.41. The summed E-state index contributed by atoms with van der Waals surface area (Å²) >= 11 is 0. The maximum atomic E-state index is 4.37. The van der Waals surface area contributed by atoms with E-state index in [9.17, 15) is 0 Å². The van der Waals surface area contributed by atoms with Gasteiger partial charge in [-0.15, -0.1) is 0 Å². The van der Waals surface area contributed by atoms with Crippen molar-refractivity contribution in [3.63, 3.8) is 0 Å². The van der Waals surface area contributed by atoms with Crippen molar-refractivity contribution in [1.82, 2.24) is 4.98 Å². The summed E-state index contributed by atoms with van der Waals surface area (Å²) in [7, 11) is 0. The summed E-state index contributed by atoms with van der Waals surface area (Å²) in [6.45, 7) is 11.7. The number of hydrogen-bond donors (Lipinski definition) is 0. The second kappa shape index (κ2) is 10.6. The first-order valence-electron chi connectivity index (χ1n) is 18.1. The first kappa shape index (κ1) is 30.1. The smallest absolute Gasteiger partial charge is 0.0273 e. The van der Waals surface area contributed by atoms with Crippen LogP contribution in [0.3, 0.4) is 0 Å². The Labute approximate surface area is 300 Å². The molecule has 0 bridgehead atoms. The van der Waals surface area contributed by atoms with Crippen molar-refractivity contribution < 1.29 is 0 Å². The van der Waals surface area contributed by atoms with Gasteiger partial charge in [0.1, 0.15) is 0 Å². The molecule has 0 saturated carbocycles. The van der Waals surface area contributed by atoms with Crippen LogP contribution in [-0.4, -0.2) is 4.98 Å². The lowest BCUT2D eigenvalue weighted by Crippen LogP contribution is -2.15. The van der Waals surface area contributed by atoms with Gasteiger partial charge in [-0.2, -0.15) is 0 Å². The number of aryl methyl sites for hydroxylation is 1. The summed E-state index contributed by atoms with van der Waals surface area (Å²) in [5, 5.41) is 5.05. The number of hydrogen-bond acceptors (Lipinski definition) is 1. The monoisotopic (exact) mass is 653 g/mol. The van der Waals surface area contributed by atoms with Crippen molar-refractivity contribution in [2.75, 3.05) is 0 Å². The molecule has 0 fully saturated rings. The fourth-order valence-corrected chi connectivity index (χ4v) is 9.41. The molecule has 7 aromatic carbocycles. The molecule has 2 aliphatic carbocycles. The zero-order valence-electron chi connectivity index (χ0n) is 29.8. The van der Waals surface area contributed by atoms with Crippen molar-refractivity contribution in [3.8, 4) is 55.6 Å². The molecule has 0 radical (unpaired) electrons. The molecular formula is C50H39N. The van der Waals surface area contributed by atoms with Crippen LogP contribution in [0.1, 0.15) is 55.5 Å². The van der Waals surface area contributed by atoms with Crippen LogP contribution in [0.2, 0.25) is 0 Å². The van der Waals surface area contributed by atoms with Crippen LogP contribution in [0, 0.1) is 6.92 Å². The standard InChI is InChI=1S/C50H39N/c1-30-14-21-44-41(26-30)37-19-17-34(29-46(37)50(44,4)5)48-39-12-7-6-11-38(39)47(31-22-24-51-25-23-31)40-20-16-32(27-42(40)48)33-15-18-36-35-10-8-9-13-43(35)49(2,3)45(36)28-33/h6-29H,1-5H3. The maximum Gasteiger partial charge on any atom is 0.0273 e. The van der Waals surface area contributed by atoms with Crippen molar-refractivity contribution in [2.45, 2.75) is 45.4 Å². The second-order valence-electron chi connectivity index (χ2n) is 15.7. The predicted octanol–water partition coefficient (Wildman–Crippen LogP) is 13.3. The molecule has 51 heavy (non-hydrogen) atoms. The van der Waals surface area contributed by atoms with E-state index in [1.807, 2.05) is 12.4 Å². The Morgan fingerprint density at radius 1 is 0.373 bits per heavy atom. The molecule has 1 heteroatoms. The Kier molecular flexibility index (Phi) is 6.25. The van der Waals surface area contributed by atoms with Gasteiger partial charge in [0.2, 0.25) is 0 Å². The highest BCUT2D eigenvalue weighted by atomic mass is 14.6. The molecule has 2 aliphatic rings. The lowest BCUT2D eigenvalue weighted by molar-refractivity contribution is 0.660. The molecule has 0 amide bonds. The van der Waals surface area contributed by atoms with Crippen LogP contribution in [0.15, 0.2) is 146 Å². The predicted molar refractivity (Wildman–Crippen MR) is 215 cm³/mol. The average Bonchev–Trinajstić information content (AvgIpc) is 3.52. The van der Waals surface area contributed by atoms with E-state index in [4.69, 9.17) is 0 Å². The van der Waals surface area contributed by atoms with Gasteiger partial charge in [0, 0.05) is 23.2 Å². The number of fused-ring (bicyclic) bond motifs is 8. The van der Waals surface area contributed by atoms with Gasteiger partial charge in [-0.05, 0) is 137 Å². The lowest BCUT2D eigenvalue weighted by atomic mass is 9.80. The number of aromatic nitrogens is 1. The largest absolute Gasteiger partial charge is 0.265 e. The first-order valence-corrected chi connectivity index (χ1v) is 18.1. The quantitative estimate of drug-likeness (QED) is 0.173. The summed E-state index contributed by atoms with van der Waals surface area (Å²) in [5.41, 5.74) is 19.7. The Hall–Kier alpha value is -5.79. The summed E-state index contributed by atoms with van der Waals surface area (Å²) in [5.74, 6) is 0. The summed E-state index contributed by atoms with van der Waals surface area (Å²) in [4.78, 5) is 4.37. The Morgan fingerprint density at radius 3 is 1.65 bits per heavy atom. The van der Waals surface area contributed by atoms with Crippen molar-refractivity contribution >= 4 is 21.5 Å². The molecule has 1 aromatic heterocycles. The van der Waals surface area contributed by atoms with E-state index in [1.165, 1.54) is 105 Å². The van der Waals surface area contributed by atoms with E-state index in [0.717, 1.165) is 0 Å². The molecule has 0 saturated heterocycles. The molecule has 1 heterocycles. The van der Waals surface area contributed by atoms with Crippen molar-refractivity contribution in [3.05, 3.63) is 174 Å². The SMILES string of the molecule is Cc1ccc2c(c1)-c1ccc(-c3c4ccccc4c(-c4ccncc4)c4ccc(-c5ccc6c(c5)C(C)(C)c5ccccc5-6)cc34)cc1C2(C)C. The van der Waals surface area contributed by atoms with Gasteiger partial charge in [0.15, 0.2) is 0 Å². The maximum absolute atomic E-state index is 4.37. The highest BCUT2D eigenvalue weighted by Gasteiger charge is 2.37. The van der Waals surface area contributed by atoms with Gasteiger partial charge in [0.05, 0.1) is 0 Å². The molecule has 0 N–H and O–H groups in total. The number of pyridine rings is 1. The van der Waals surface area contributed by atoms with Crippen molar-refractivity contribution in [1.29, 1.82) is 0 Å². The minimum Gasteiger partial charge on any atom is -0.265 e. The van der Waals surface area contributed by atoms with Gasteiger partial charge in [-0.25, -0.2) is 0 Å². The molecule has 0 spiro atoms. The molecular weight excluding hydrogens is 615 g/mol. The van der Waals surface area contributed by atoms with Crippen molar-refractivity contribution in [2.24, 2.45) is 0 Å². The Bertz CT molecular complexity index is 2750. The fraction of sp³-hybridized carbons (Fsp3) is 0.140. The number of nitrogens with zero attached hydrogens (tertiary/aromatic N) is 1. The van der Waals surface area contributed by atoms with Crippen LogP contribution in [0.5, 0.6) is 0 Å². The van der Waals surface area contributed by atoms with Gasteiger partial charge in [0.25, 0.3) is 0 Å². The minimum atomic E-state index is -0.0864. The number of rotatable bonds is 3. The molecule has 0 aliphatic heterocycles. The summed E-state index contributed by atoms with van der Waals surface area (Å²) < 4.78 is 0. The topological polar surface area (TPSA) is 12.9 Å². The molecule has 244 valence electrons.